The third kappa shape index (κ3) is 9.04. The summed E-state index contributed by atoms with van der Waals surface area (Å²) in [6.45, 7) is 19.9. The minimum atomic E-state index is -4.05. The highest BCUT2D eigenvalue weighted by atomic mass is 31.2. The first-order chi connectivity index (χ1) is 18.7. The summed E-state index contributed by atoms with van der Waals surface area (Å²) in [5.41, 5.74) is -0.779. The minimum absolute atomic E-state index is 0.0170. The number of hydrogen-bond acceptors (Lipinski definition) is 11. The van der Waals surface area contributed by atoms with E-state index in [-0.39, 0.29) is 30.7 Å². The van der Waals surface area contributed by atoms with Crippen LogP contribution in [0.25, 0.3) is 0 Å². The van der Waals surface area contributed by atoms with Crippen molar-refractivity contribution in [3.05, 3.63) is 60.7 Å². The Bertz CT molecular complexity index is 1140. The van der Waals surface area contributed by atoms with Gasteiger partial charge in [-0.1, -0.05) is 45.6 Å². The molecular weight excluding hydrogens is 561 g/mol. The highest BCUT2D eigenvalue weighted by molar-refractivity contribution is 7.48. The number of aromatic nitrogens is 2. The number of nitrogens with one attached hydrogen (secondary N) is 1. The molecule has 1 aromatic heterocycles. The molecule has 0 unspecified atom stereocenters. The fourth-order valence-electron chi connectivity index (χ4n) is 3.24. The zero-order chi connectivity index (χ0) is 30.1. The van der Waals surface area contributed by atoms with Crippen LogP contribution in [0.4, 0.5) is 10.6 Å². The van der Waals surface area contributed by atoms with Crippen LogP contribution in [-0.4, -0.2) is 73.8 Å². The van der Waals surface area contributed by atoms with E-state index in [2.05, 4.69) is 30.0 Å². The molecule has 1 saturated heterocycles. The lowest BCUT2D eigenvalue weighted by atomic mass is 10.1. The van der Waals surface area contributed by atoms with Gasteiger partial charge in [-0.05, 0) is 24.2 Å². The number of aliphatic hydroxyl groups excluding tert-OH is 1. The molecule has 4 atom stereocenters. The number of anilines is 1. The third-order valence-electron chi connectivity index (χ3n) is 6.31. The molecule has 1 fully saturated rings. The number of phosphoric ester groups is 1. The van der Waals surface area contributed by atoms with E-state index in [0.717, 1.165) is 4.57 Å². The molecule has 0 bridgehead atoms. The van der Waals surface area contributed by atoms with Crippen LogP contribution in [0.2, 0.25) is 18.1 Å². The Balaban J connectivity index is 2.35. The minimum Gasteiger partial charge on any atom is -0.445 e. The molecule has 1 aliphatic rings. The molecule has 40 heavy (non-hydrogen) atoms. The summed E-state index contributed by atoms with van der Waals surface area (Å²) in [7, 11) is -6.55. The second-order valence-electron chi connectivity index (χ2n) is 10.3. The SMILES string of the molecule is C=CCOC(=O)Nc1ccn([C@@H]2O[C@H](COP(=O)(OCC=C)OCC=C)[C@@H](O)[C@H]2O[Si](C)(C)C(C)(C)C)c(=O)n1. The Morgan fingerprint density at radius 2 is 1.77 bits per heavy atom. The van der Waals surface area contributed by atoms with Crippen molar-refractivity contribution < 1.29 is 41.9 Å². The summed E-state index contributed by atoms with van der Waals surface area (Å²) in [6.07, 6.45) is 0.203. The van der Waals surface area contributed by atoms with Gasteiger partial charge in [0, 0.05) is 6.20 Å². The predicted octanol–water partition coefficient (Wildman–Crippen LogP) is 4.16. The highest BCUT2D eigenvalue weighted by Gasteiger charge is 2.51. The maximum atomic E-state index is 13.0. The Morgan fingerprint density at radius 1 is 1.18 bits per heavy atom. The third-order valence-corrected chi connectivity index (χ3v) is 12.2. The molecule has 1 aromatic rings. The number of amides is 1. The number of hydrogen-bond donors (Lipinski definition) is 2. The van der Waals surface area contributed by atoms with Crippen molar-refractivity contribution in [2.24, 2.45) is 0 Å². The number of ether oxygens (including phenoxy) is 2. The van der Waals surface area contributed by atoms with Crippen molar-refractivity contribution in [1.29, 1.82) is 0 Å². The van der Waals surface area contributed by atoms with E-state index in [1.165, 1.54) is 30.5 Å². The van der Waals surface area contributed by atoms with Crippen molar-refractivity contribution >= 4 is 28.1 Å². The van der Waals surface area contributed by atoms with E-state index >= 15 is 0 Å². The molecule has 15 heteroatoms. The Labute approximate surface area is 235 Å². The van der Waals surface area contributed by atoms with Crippen LogP contribution >= 0.6 is 7.82 Å². The Morgan fingerprint density at radius 3 is 2.30 bits per heavy atom. The van der Waals surface area contributed by atoms with Crippen LogP contribution in [0, 0.1) is 0 Å². The average molecular weight is 602 g/mol. The molecule has 0 aliphatic carbocycles. The molecule has 224 valence electrons. The fourth-order valence-corrected chi connectivity index (χ4v) is 5.66. The van der Waals surface area contributed by atoms with Gasteiger partial charge in [0.1, 0.15) is 30.7 Å². The molecule has 2 N–H and O–H groups in total. The van der Waals surface area contributed by atoms with Crippen LogP contribution in [0.1, 0.15) is 27.0 Å². The molecule has 2 rings (SSSR count). The fraction of sp³-hybridized carbons (Fsp3) is 0.560. The maximum absolute atomic E-state index is 13.0. The number of aliphatic hydroxyl groups is 1. The van der Waals surface area contributed by atoms with Gasteiger partial charge in [0.15, 0.2) is 14.5 Å². The standard InChI is InChI=1S/C25H40N3O10PSi/c1-9-14-33-24(31)27-19-12-13-28(23(30)26-19)22-21(38-40(7,8)25(4,5)6)20(29)18(37-22)17-36-39(32,34-15-10-2)35-16-11-3/h9-13,18,20-22,29H,1-3,14-17H2,4-8H3,(H,26,27,30,31)/t18-,20-,21-,22-/m1/s1. The van der Waals surface area contributed by atoms with Crippen LogP contribution in [0.15, 0.2) is 55.0 Å². The monoisotopic (exact) mass is 601 g/mol. The molecule has 0 radical (unpaired) electrons. The quantitative estimate of drug-likeness (QED) is 0.169. The zero-order valence-electron chi connectivity index (χ0n) is 23.6. The maximum Gasteiger partial charge on any atom is 0.475 e. The van der Waals surface area contributed by atoms with Crippen LogP contribution in [0.5, 0.6) is 0 Å². The first-order valence-electron chi connectivity index (χ1n) is 12.6. The molecule has 1 aliphatic heterocycles. The van der Waals surface area contributed by atoms with E-state index in [9.17, 15) is 19.3 Å². The van der Waals surface area contributed by atoms with E-state index in [1.54, 1.807) is 0 Å². The number of carbonyl (C=O) groups excluding carboxylic acids is 1. The second-order valence-corrected chi connectivity index (χ2v) is 16.8. The predicted molar refractivity (Wildman–Crippen MR) is 152 cm³/mol. The Kier molecular flexibility index (Phi) is 12.2. The largest absolute Gasteiger partial charge is 0.475 e. The summed E-state index contributed by atoms with van der Waals surface area (Å²) in [5, 5.41) is 13.4. The van der Waals surface area contributed by atoms with Gasteiger partial charge in [-0.2, -0.15) is 4.98 Å². The van der Waals surface area contributed by atoms with Gasteiger partial charge in [0.2, 0.25) is 0 Å². The summed E-state index contributed by atoms with van der Waals surface area (Å²) >= 11 is 0. The van der Waals surface area contributed by atoms with E-state index < -0.39 is 59.1 Å². The van der Waals surface area contributed by atoms with Crippen molar-refractivity contribution in [3.63, 3.8) is 0 Å². The lowest BCUT2D eigenvalue weighted by Crippen LogP contribution is -2.49. The van der Waals surface area contributed by atoms with Crippen LogP contribution in [0.3, 0.4) is 0 Å². The van der Waals surface area contributed by atoms with Gasteiger partial charge in [-0.3, -0.25) is 23.5 Å². The lowest BCUT2D eigenvalue weighted by Gasteiger charge is -2.40. The lowest BCUT2D eigenvalue weighted by molar-refractivity contribution is -0.0543. The number of nitrogens with zero attached hydrogens (tertiary/aromatic N) is 2. The van der Waals surface area contributed by atoms with E-state index in [1.807, 2.05) is 33.9 Å². The molecule has 13 nitrogen and oxygen atoms in total. The topological polar surface area (TPSA) is 157 Å². The summed E-state index contributed by atoms with van der Waals surface area (Å²) < 4.78 is 47.4. The first-order valence-corrected chi connectivity index (χ1v) is 17.0. The van der Waals surface area contributed by atoms with Crippen molar-refractivity contribution in [2.75, 3.05) is 31.7 Å². The van der Waals surface area contributed by atoms with Gasteiger partial charge in [-0.15, -0.1) is 13.2 Å². The normalized spacial score (nSPS) is 21.6. The number of phosphoric acid groups is 1. The van der Waals surface area contributed by atoms with Crippen molar-refractivity contribution in [1.82, 2.24) is 9.55 Å². The average Bonchev–Trinajstić information content (AvgIpc) is 3.17. The first kappa shape index (κ1) is 33.8. The van der Waals surface area contributed by atoms with Gasteiger partial charge in [0.05, 0.1) is 19.8 Å². The van der Waals surface area contributed by atoms with Crippen LogP contribution in [-0.2, 0) is 32.0 Å². The molecule has 0 aromatic carbocycles. The molecule has 0 saturated carbocycles. The van der Waals surface area contributed by atoms with Crippen molar-refractivity contribution in [2.45, 2.75) is 63.4 Å². The smallest absolute Gasteiger partial charge is 0.445 e. The highest BCUT2D eigenvalue weighted by Crippen LogP contribution is 2.50. The molecule has 2 heterocycles. The number of rotatable bonds is 15. The zero-order valence-corrected chi connectivity index (χ0v) is 25.5. The molecule has 0 spiro atoms. The van der Waals surface area contributed by atoms with Gasteiger partial charge in [0.25, 0.3) is 0 Å². The summed E-state index contributed by atoms with van der Waals surface area (Å²) in [5.74, 6) is -0.0460. The van der Waals surface area contributed by atoms with E-state index in [4.69, 9.17) is 27.5 Å². The van der Waals surface area contributed by atoms with Gasteiger partial charge in [-0.25, -0.2) is 14.2 Å². The van der Waals surface area contributed by atoms with Gasteiger partial charge < -0.3 is 19.0 Å². The van der Waals surface area contributed by atoms with Gasteiger partial charge >= 0.3 is 19.6 Å². The van der Waals surface area contributed by atoms with Crippen molar-refractivity contribution in [3.8, 4) is 0 Å². The summed E-state index contributed by atoms with van der Waals surface area (Å²) in [4.78, 5) is 28.7. The summed E-state index contributed by atoms with van der Waals surface area (Å²) in [6, 6.07) is 1.37. The molecule has 1 amide bonds. The number of carbonyl (C=O) groups is 1. The van der Waals surface area contributed by atoms with E-state index in [0.29, 0.717) is 0 Å². The molecular formula is C25H40N3O10PSi. The van der Waals surface area contributed by atoms with Crippen LogP contribution < -0.4 is 11.0 Å². The second kappa shape index (κ2) is 14.5. The Hall–Kier alpha value is -2.42.